The fourth-order valence-corrected chi connectivity index (χ4v) is 7.38. The van der Waals surface area contributed by atoms with Gasteiger partial charge in [-0.15, -0.1) is 0 Å². The molecule has 0 aromatic rings. The first-order valence-corrected chi connectivity index (χ1v) is 19.3. The highest BCUT2D eigenvalue weighted by molar-refractivity contribution is 8.00. The monoisotopic (exact) mass is 755 g/mol. The number of carbonyl (C=O) groups excluding carboxylic acids is 6. The molecule has 3 saturated heterocycles. The Balaban J connectivity index is 1.67. The number of thioether (sulfide) groups is 1. The molecule has 3 atom stereocenters. The first-order valence-electron chi connectivity index (χ1n) is 18.3. The molecule has 0 unspecified atom stereocenters. The van der Waals surface area contributed by atoms with Crippen LogP contribution < -0.4 is 16.0 Å². The number of carbonyl (C=O) groups is 6. The molecule has 0 aromatic carbocycles. The topological polar surface area (TPSA) is 179 Å². The number of rotatable bonds is 7. The van der Waals surface area contributed by atoms with Gasteiger partial charge >= 0.3 is 24.3 Å². The quantitative estimate of drug-likeness (QED) is 0.198. The molecular weight excluding hydrogens is 694 g/mol. The maximum atomic E-state index is 13.6. The Morgan fingerprint density at radius 1 is 0.673 bits per heavy atom. The molecule has 17 heteroatoms. The summed E-state index contributed by atoms with van der Waals surface area (Å²) in [5.41, 5.74) is -2.32. The summed E-state index contributed by atoms with van der Waals surface area (Å²) in [5, 5.41) is 8.96. The van der Waals surface area contributed by atoms with Crippen molar-refractivity contribution in [2.45, 2.75) is 122 Å². The molecule has 3 aliphatic heterocycles. The van der Waals surface area contributed by atoms with Gasteiger partial charge in [0, 0.05) is 69.8 Å². The third-order valence-corrected chi connectivity index (χ3v) is 9.89. The highest BCUT2D eigenvalue weighted by Crippen LogP contribution is 2.33. The second-order valence-corrected chi connectivity index (χ2v) is 17.7. The van der Waals surface area contributed by atoms with Crippen LogP contribution in [0, 0.1) is 0 Å². The van der Waals surface area contributed by atoms with Crippen LogP contribution in [0.1, 0.15) is 88.0 Å². The fourth-order valence-electron chi connectivity index (χ4n) is 5.84. The SMILES string of the molecule is CC(C)(C)OC(=O)N1CCN(C(=O)CNC(=O)CCCC[C@@H]2SC[C@@H]3NC(=O)N[C@@H]32)CCN(C(=O)OC(C)(C)C)CCN(C(=O)OC(C)(C)C)CC1. The van der Waals surface area contributed by atoms with Crippen LogP contribution in [0.5, 0.6) is 0 Å². The number of fused-ring (bicyclic) bond motifs is 1. The van der Waals surface area contributed by atoms with Crippen LogP contribution in [0.15, 0.2) is 0 Å². The number of nitrogens with one attached hydrogen (secondary N) is 3. The third kappa shape index (κ3) is 14.8. The van der Waals surface area contributed by atoms with Crippen molar-refractivity contribution in [2.24, 2.45) is 0 Å². The van der Waals surface area contributed by atoms with E-state index in [4.69, 9.17) is 14.2 Å². The lowest BCUT2D eigenvalue weighted by atomic mass is 10.0. The summed E-state index contributed by atoms with van der Waals surface area (Å²) in [4.78, 5) is 83.7. The Labute approximate surface area is 312 Å². The van der Waals surface area contributed by atoms with E-state index in [0.717, 1.165) is 18.6 Å². The Hall–Kier alpha value is -3.63. The molecule has 52 heavy (non-hydrogen) atoms. The van der Waals surface area contributed by atoms with Gasteiger partial charge in [-0.2, -0.15) is 11.8 Å². The summed E-state index contributed by atoms with van der Waals surface area (Å²) in [6.07, 6.45) is 0.829. The van der Waals surface area contributed by atoms with Crippen molar-refractivity contribution in [1.82, 2.24) is 35.6 Å². The van der Waals surface area contributed by atoms with Gasteiger partial charge < -0.3 is 49.8 Å². The van der Waals surface area contributed by atoms with E-state index < -0.39 is 35.1 Å². The van der Waals surface area contributed by atoms with E-state index in [1.165, 1.54) is 19.6 Å². The molecule has 0 radical (unpaired) electrons. The second-order valence-electron chi connectivity index (χ2n) is 16.4. The fraction of sp³-hybridized carbons (Fsp3) is 0.829. The molecule has 3 aliphatic rings. The smallest absolute Gasteiger partial charge is 0.410 e. The molecule has 0 bridgehead atoms. The van der Waals surface area contributed by atoms with E-state index in [0.29, 0.717) is 11.7 Å². The third-order valence-electron chi connectivity index (χ3n) is 8.38. The minimum Gasteiger partial charge on any atom is -0.444 e. The normalized spacial score (nSPS) is 21.9. The molecule has 0 aromatic heterocycles. The Bertz CT molecular complexity index is 1240. The molecule has 16 nitrogen and oxygen atoms in total. The van der Waals surface area contributed by atoms with Crippen molar-refractivity contribution < 1.29 is 43.0 Å². The molecule has 296 valence electrons. The number of unbranched alkanes of at least 4 members (excludes halogenated alkanes) is 1. The highest BCUT2D eigenvalue weighted by atomic mass is 32.2. The minimum absolute atomic E-state index is 0.0835. The van der Waals surface area contributed by atoms with E-state index >= 15 is 0 Å². The number of amides is 7. The van der Waals surface area contributed by atoms with Crippen molar-refractivity contribution in [3.05, 3.63) is 0 Å². The van der Waals surface area contributed by atoms with Gasteiger partial charge in [-0.25, -0.2) is 19.2 Å². The average molecular weight is 756 g/mol. The minimum atomic E-state index is -0.776. The average Bonchev–Trinajstić information content (AvgIpc) is 3.54. The molecule has 0 spiro atoms. The molecule has 3 N–H and O–H groups in total. The lowest BCUT2D eigenvalue weighted by molar-refractivity contribution is -0.133. The summed E-state index contributed by atoms with van der Waals surface area (Å²) in [7, 11) is 0. The van der Waals surface area contributed by atoms with Crippen LogP contribution in [0.4, 0.5) is 19.2 Å². The molecule has 3 heterocycles. The van der Waals surface area contributed by atoms with Gasteiger partial charge in [0.15, 0.2) is 0 Å². The first kappa shape index (κ1) is 42.8. The summed E-state index contributed by atoms with van der Waals surface area (Å²) in [5.74, 6) is 0.262. The molecule has 3 rings (SSSR count). The van der Waals surface area contributed by atoms with Gasteiger partial charge in [0.1, 0.15) is 16.8 Å². The Morgan fingerprint density at radius 2 is 1.10 bits per heavy atom. The van der Waals surface area contributed by atoms with Crippen molar-refractivity contribution >= 4 is 47.9 Å². The van der Waals surface area contributed by atoms with Crippen LogP contribution in [0.2, 0.25) is 0 Å². The zero-order valence-electron chi connectivity index (χ0n) is 32.5. The first-order chi connectivity index (χ1) is 24.1. The van der Waals surface area contributed by atoms with Gasteiger partial charge in [0.25, 0.3) is 0 Å². The lowest BCUT2D eigenvalue weighted by Gasteiger charge is -2.35. The molecule has 3 fully saturated rings. The van der Waals surface area contributed by atoms with Gasteiger partial charge in [0.2, 0.25) is 11.8 Å². The zero-order valence-corrected chi connectivity index (χ0v) is 33.3. The van der Waals surface area contributed by atoms with E-state index in [1.807, 2.05) is 11.8 Å². The molecule has 7 amide bonds. The number of urea groups is 1. The summed E-state index contributed by atoms with van der Waals surface area (Å²) in [6, 6.07) is 0.147. The van der Waals surface area contributed by atoms with Crippen molar-refractivity contribution in [2.75, 3.05) is 64.7 Å². The van der Waals surface area contributed by atoms with Crippen molar-refractivity contribution in [3.63, 3.8) is 0 Å². The number of ether oxygens (including phenoxy) is 3. The number of nitrogens with zero attached hydrogens (tertiary/aromatic N) is 4. The number of hydrogen-bond acceptors (Lipinski definition) is 10. The summed E-state index contributed by atoms with van der Waals surface area (Å²) in [6.45, 7) is 16.3. The molecule has 0 aliphatic carbocycles. The second kappa shape index (κ2) is 18.4. The van der Waals surface area contributed by atoms with Crippen LogP contribution in [-0.4, -0.2) is 155 Å². The van der Waals surface area contributed by atoms with Gasteiger partial charge in [0.05, 0.1) is 18.6 Å². The molecular formula is C35H61N7O9S. The standard InChI is InChI=1S/C35H61N7O9S/c1-33(2,3)49-30(46)40-16-14-39(27(44)22-36-26(43)13-11-10-12-25-28-24(23-52-25)37-29(45)38-28)15-17-41(31(47)50-34(4,5)6)19-21-42(20-18-40)32(48)51-35(7,8)9/h24-25,28H,10-23H2,1-9H3,(H,36,43)(H2,37,38,45)/t24-,25-,28-/m0/s1. The Kier molecular flexibility index (Phi) is 15.2. The number of hydrogen-bond donors (Lipinski definition) is 3. The van der Waals surface area contributed by atoms with Crippen molar-refractivity contribution in [1.29, 1.82) is 0 Å². The van der Waals surface area contributed by atoms with E-state index in [9.17, 15) is 28.8 Å². The predicted octanol–water partition coefficient (Wildman–Crippen LogP) is 3.38. The van der Waals surface area contributed by atoms with E-state index in [2.05, 4.69) is 16.0 Å². The van der Waals surface area contributed by atoms with Crippen LogP contribution >= 0.6 is 11.8 Å². The van der Waals surface area contributed by atoms with Crippen molar-refractivity contribution in [3.8, 4) is 0 Å². The lowest BCUT2D eigenvalue weighted by Crippen LogP contribution is -2.53. The maximum Gasteiger partial charge on any atom is 0.410 e. The van der Waals surface area contributed by atoms with Gasteiger partial charge in [-0.1, -0.05) is 6.42 Å². The Morgan fingerprint density at radius 3 is 1.52 bits per heavy atom. The van der Waals surface area contributed by atoms with Gasteiger partial charge in [-0.3, -0.25) is 9.59 Å². The van der Waals surface area contributed by atoms with Crippen LogP contribution in [0.25, 0.3) is 0 Å². The van der Waals surface area contributed by atoms with E-state index in [-0.39, 0.29) is 95.3 Å². The maximum absolute atomic E-state index is 13.6. The summed E-state index contributed by atoms with van der Waals surface area (Å²) < 4.78 is 16.9. The van der Waals surface area contributed by atoms with E-state index in [1.54, 1.807) is 62.3 Å². The largest absolute Gasteiger partial charge is 0.444 e. The van der Waals surface area contributed by atoms with Gasteiger partial charge in [-0.05, 0) is 75.2 Å². The highest BCUT2D eigenvalue weighted by Gasteiger charge is 2.42. The molecule has 0 saturated carbocycles. The van der Waals surface area contributed by atoms with Crippen LogP contribution in [-0.2, 0) is 23.8 Å². The van der Waals surface area contributed by atoms with Crippen LogP contribution in [0.3, 0.4) is 0 Å². The predicted molar refractivity (Wildman–Crippen MR) is 197 cm³/mol. The zero-order chi connectivity index (χ0) is 38.9. The summed E-state index contributed by atoms with van der Waals surface area (Å²) >= 11 is 1.83.